The predicted octanol–water partition coefficient (Wildman–Crippen LogP) is 5.68. The number of carbonyl (C=O) groups is 1. The summed E-state index contributed by atoms with van der Waals surface area (Å²) in [5.74, 6) is -2.52. The Morgan fingerprint density at radius 2 is 1.78 bits per heavy atom. The van der Waals surface area contributed by atoms with E-state index < -0.39 is 29.1 Å². The number of hydrogen-bond acceptors (Lipinski definition) is 4. The lowest BCUT2D eigenvalue weighted by molar-refractivity contribution is 0.0242. The molecule has 2 aromatic rings. The van der Waals surface area contributed by atoms with Crippen molar-refractivity contribution in [2.24, 2.45) is 5.92 Å². The maximum atomic E-state index is 14.0. The minimum atomic E-state index is -1.25. The number of aryl methyl sites for hydroxylation is 1. The van der Waals surface area contributed by atoms with Gasteiger partial charge in [-0.1, -0.05) is 13.8 Å². The molecule has 0 fully saturated rings. The first kappa shape index (κ1) is 25.5. The second kappa shape index (κ2) is 10.7. The summed E-state index contributed by atoms with van der Waals surface area (Å²) in [6.45, 7) is 12.2. The molecular weight excluding hydrogens is 423 g/mol. The second-order valence-corrected chi connectivity index (χ2v) is 9.02. The van der Waals surface area contributed by atoms with Crippen LogP contribution in [0.2, 0.25) is 0 Å². The average molecular weight is 456 g/mol. The highest BCUT2D eigenvalue weighted by Crippen LogP contribution is 2.21. The molecule has 178 valence electrons. The Hall–Kier alpha value is -2.71. The van der Waals surface area contributed by atoms with Gasteiger partial charge in [-0.05, 0) is 46.1 Å². The highest BCUT2D eigenvalue weighted by molar-refractivity contribution is 5.68. The van der Waals surface area contributed by atoms with Crippen LogP contribution < -0.4 is 4.74 Å². The van der Waals surface area contributed by atoms with Gasteiger partial charge >= 0.3 is 6.09 Å². The predicted molar refractivity (Wildman–Crippen MR) is 115 cm³/mol. The normalized spacial score (nSPS) is 11.7. The molecule has 0 aliphatic carbocycles. The number of rotatable bonds is 9. The molecule has 1 aromatic heterocycles. The third-order valence-electron chi connectivity index (χ3n) is 4.56. The lowest BCUT2D eigenvalue weighted by atomic mass is 10.1. The van der Waals surface area contributed by atoms with Crippen molar-refractivity contribution in [3.05, 3.63) is 46.9 Å². The lowest BCUT2D eigenvalue weighted by Crippen LogP contribution is -2.36. The van der Waals surface area contributed by atoms with Crippen molar-refractivity contribution >= 4 is 6.09 Å². The van der Waals surface area contributed by atoms with Crippen LogP contribution >= 0.6 is 0 Å². The van der Waals surface area contributed by atoms with Crippen molar-refractivity contribution in [3.8, 4) is 5.88 Å². The van der Waals surface area contributed by atoms with Gasteiger partial charge in [-0.2, -0.15) is 5.10 Å². The Balaban J connectivity index is 2.20. The van der Waals surface area contributed by atoms with E-state index in [2.05, 4.69) is 18.9 Å². The topological polar surface area (TPSA) is 56.6 Å². The van der Waals surface area contributed by atoms with Gasteiger partial charge in [-0.3, -0.25) is 0 Å². The molecular formula is C23H32F3N3O3. The highest BCUT2D eigenvalue weighted by atomic mass is 19.2. The highest BCUT2D eigenvalue weighted by Gasteiger charge is 2.23. The van der Waals surface area contributed by atoms with Crippen LogP contribution in [-0.4, -0.2) is 32.9 Å². The molecule has 0 radical (unpaired) electrons. The van der Waals surface area contributed by atoms with E-state index in [9.17, 15) is 18.0 Å². The third kappa shape index (κ3) is 7.46. The molecule has 0 saturated carbocycles. The Bertz CT molecular complexity index is 923. The molecule has 0 N–H and O–H groups in total. The first-order valence-electron chi connectivity index (χ1n) is 10.7. The van der Waals surface area contributed by atoms with Crippen molar-refractivity contribution in [3.63, 3.8) is 0 Å². The van der Waals surface area contributed by atoms with Crippen molar-refractivity contribution in [1.29, 1.82) is 0 Å². The number of ether oxygens (including phenoxy) is 2. The van der Waals surface area contributed by atoms with Crippen LogP contribution in [0.5, 0.6) is 5.88 Å². The van der Waals surface area contributed by atoms with Gasteiger partial charge in [-0.15, -0.1) is 0 Å². The molecule has 1 heterocycles. The summed E-state index contributed by atoms with van der Waals surface area (Å²) in [6, 6.07) is 2.93. The zero-order valence-corrected chi connectivity index (χ0v) is 19.5. The summed E-state index contributed by atoms with van der Waals surface area (Å²) in [7, 11) is 0. The molecule has 32 heavy (non-hydrogen) atoms. The van der Waals surface area contributed by atoms with Gasteiger partial charge in [-0.25, -0.2) is 22.6 Å². The van der Waals surface area contributed by atoms with Crippen LogP contribution in [0.4, 0.5) is 18.0 Å². The molecule has 0 saturated heterocycles. The Morgan fingerprint density at radius 3 is 2.38 bits per heavy atom. The zero-order chi connectivity index (χ0) is 24.1. The first-order chi connectivity index (χ1) is 14.9. The van der Waals surface area contributed by atoms with Gasteiger partial charge < -0.3 is 14.4 Å². The van der Waals surface area contributed by atoms with Crippen molar-refractivity contribution in [2.45, 2.75) is 73.3 Å². The van der Waals surface area contributed by atoms with E-state index in [-0.39, 0.29) is 18.7 Å². The summed E-state index contributed by atoms with van der Waals surface area (Å²) in [5, 5.41) is 4.53. The van der Waals surface area contributed by atoms with E-state index in [1.54, 1.807) is 31.5 Å². The van der Waals surface area contributed by atoms with Crippen LogP contribution in [0, 0.1) is 23.4 Å². The number of carbonyl (C=O) groups excluding carboxylic acids is 1. The van der Waals surface area contributed by atoms with E-state index in [4.69, 9.17) is 9.47 Å². The number of aromatic nitrogens is 2. The lowest BCUT2D eigenvalue weighted by Gasteiger charge is -2.26. The molecule has 0 spiro atoms. The number of amides is 1. The Morgan fingerprint density at radius 1 is 1.12 bits per heavy atom. The van der Waals surface area contributed by atoms with Crippen molar-refractivity contribution in [1.82, 2.24) is 14.7 Å². The number of hydrogen-bond donors (Lipinski definition) is 0. The summed E-state index contributed by atoms with van der Waals surface area (Å²) >= 11 is 0. The fourth-order valence-electron chi connectivity index (χ4n) is 2.84. The number of nitrogens with zero attached hydrogens (tertiary/aromatic N) is 3. The van der Waals surface area contributed by atoms with Crippen LogP contribution in [-0.2, 0) is 24.4 Å². The third-order valence-corrected chi connectivity index (χ3v) is 4.56. The molecule has 1 aromatic carbocycles. The Kier molecular flexibility index (Phi) is 8.58. The molecule has 6 nitrogen and oxygen atoms in total. The minimum absolute atomic E-state index is 0.106. The van der Waals surface area contributed by atoms with Gasteiger partial charge in [0.25, 0.3) is 0 Å². The molecule has 0 atom stereocenters. The molecule has 0 aliphatic heterocycles. The molecule has 0 aliphatic rings. The van der Waals surface area contributed by atoms with Gasteiger partial charge in [0, 0.05) is 30.8 Å². The van der Waals surface area contributed by atoms with Crippen LogP contribution in [0.3, 0.4) is 0 Å². The smallest absolute Gasteiger partial charge is 0.410 e. The minimum Gasteiger partial charge on any atom is -0.473 e. The summed E-state index contributed by atoms with van der Waals surface area (Å²) in [5.41, 5.74) is -0.155. The maximum Gasteiger partial charge on any atom is 0.410 e. The molecule has 1 amide bonds. The van der Waals surface area contributed by atoms with Gasteiger partial charge in [0.05, 0.1) is 12.2 Å². The van der Waals surface area contributed by atoms with Gasteiger partial charge in [0.15, 0.2) is 11.6 Å². The number of halogens is 3. The van der Waals surface area contributed by atoms with E-state index >= 15 is 0 Å². The summed E-state index contributed by atoms with van der Waals surface area (Å²) < 4.78 is 53.4. The van der Waals surface area contributed by atoms with Crippen molar-refractivity contribution in [2.75, 3.05) is 6.54 Å². The maximum absolute atomic E-state index is 14.0. The standard InChI is InChI=1S/C23H32F3N3O3/c1-7-28(22(30)32-23(4,5)6)13-17-11-21(29(27-17)9-8-15(2)3)31-14-16-10-19(25)20(26)12-18(16)24/h10-12,15H,7-9,13-14H2,1-6H3. The van der Waals surface area contributed by atoms with Crippen LogP contribution in [0.15, 0.2) is 18.2 Å². The molecule has 0 bridgehead atoms. The fraction of sp³-hybridized carbons (Fsp3) is 0.565. The summed E-state index contributed by atoms with van der Waals surface area (Å²) in [6.07, 6.45) is 0.365. The number of benzene rings is 1. The zero-order valence-electron chi connectivity index (χ0n) is 19.5. The monoisotopic (exact) mass is 455 g/mol. The average Bonchev–Trinajstić information content (AvgIpc) is 3.06. The Labute approximate surface area is 187 Å². The quantitative estimate of drug-likeness (QED) is 0.457. The largest absolute Gasteiger partial charge is 0.473 e. The first-order valence-corrected chi connectivity index (χ1v) is 10.7. The van der Waals surface area contributed by atoms with Gasteiger partial charge in [0.1, 0.15) is 18.0 Å². The van der Waals surface area contributed by atoms with Crippen LogP contribution in [0.1, 0.15) is 59.2 Å². The van der Waals surface area contributed by atoms with Crippen LogP contribution in [0.25, 0.3) is 0 Å². The fourth-order valence-corrected chi connectivity index (χ4v) is 2.84. The molecule has 9 heteroatoms. The molecule has 0 unspecified atom stereocenters. The molecule has 2 rings (SSSR count). The van der Waals surface area contributed by atoms with Crippen molar-refractivity contribution < 1.29 is 27.4 Å². The summed E-state index contributed by atoms with van der Waals surface area (Å²) in [4.78, 5) is 14.0. The van der Waals surface area contributed by atoms with E-state index in [1.807, 2.05) is 6.92 Å². The van der Waals surface area contributed by atoms with E-state index in [0.717, 1.165) is 12.5 Å². The van der Waals surface area contributed by atoms with E-state index in [1.165, 1.54) is 4.90 Å². The second-order valence-electron chi connectivity index (χ2n) is 9.02. The van der Waals surface area contributed by atoms with E-state index in [0.29, 0.717) is 36.6 Å². The SMILES string of the molecule is CCN(Cc1cc(OCc2cc(F)c(F)cc2F)n(CCC(C)C)n1)C(=O)OC(C)(C)C. The van der Waals surface area contributed by atoms with Gasteiger partial charge in [0.2, 0.25) is 5.88 Å².